The van der Waals surface area contributed by atoms with Gasteiger partial charge in [-0.15, -0.1) is 0 Å². The van der Waals surface area contributed by atoms with Crippen LogP contribution in [0.1, 0.15) is 21.5 Å². The Hall–Kier alpha value is -3.58. The first-order valence-electron chi connectivity index (χ1n) is 7.36. The highest BCUT2D eigenvalue weighted by Gasteiger charge is 2.03. The van der Waals surface area contributed by atoms with Crippen molar-refractivity contribution in [3.05, 3.63) is 89.8 Å². The van der Waals surface area contributed by atoms with Crippen LogP contribution in [0.25, 0.3) is 17.5 Å². The highest BCUT2D eigenvalue weighted by atomic mass is 16.1. The SMILES string of the molecule is N#Cc1cccc(C(=O)C=Cc2cnc(-c3ccccc3)nc2)c1. The molecule has 0 aliphatic heterocycles. The van der Waals surface area contributed by atoms with Gasteiger partial charge in [0.15, 0.2) is 11.6 Å². The third-order valence-corrected chi connectivity index (χ3v) is 3.41. The first kappa shape index (κ1) is 15.3. The van der Waals surface area contributed by atoms with Crippen LogP contribution in [0.4, 0.5) is 0 Å². The molecule has 2 aromatic carbocycles. The maximum absolute atomic E-state index is 12.1. The number of ketones is 1. The van der Waals surface area contributed by atoms with Crippen LogP contribution < -0.4 is 0 Å². The largest absolute Gasteiger partial charge is 0.289 e. The third kappa shape index (κ3) is 3.60. The maximum Gasteiger partial charge on any atom is 0.185 e. The van der Waals surface area contributed by atoms with Crippen molar-refractivity contribution in [2.45, 2.75) is 0 Å². The molecule has 0 amide bonds. The summed E-state index contributed by atoms with van der Waals surface area (Å²) in [5.74, 6) is 0.472. The lowest BCUT2D eigenvalue weighted by atomic mass is 10.1. The monoisotopic (exact) mass is 311 g/mol. The maximum atomic E-state index is 12.1. The van der Waals surface area contributed by atoms with E-state index in [2.05, 4.69) is 9.97 Å². The van der Waals surface area contributed by atoms with Crippen LogP contribution in [0.3, 0.4) is 0 Å². The zero-order chi connectivity index (χ0) is 16.8. The third-order valence-electron chi connectivity index (χ3n) is 3.41. The number of aromatic nitrogens is 2. The van der Waals surface area contributed by atoms with Crippen molar-refractivity contribution in [1.82, 2.24) is 9.97 Å². The van der Waals surface area contributed by atoms with Crippen LogP contribution >= 0.6 is 0 Å². The average Bonchev–Trinajstić information content (AvgIpc) is 2.67. The second-order valence-corrected chi connectivity index (χ2v) is 5.10. The lowest BCUT2D eigenvalue weighted by Crippen LogP contribution is -1.95. The fourth-order valence-electron chi connectivity index (χ4n) is 2.17. The fourth-order valence-corrected chi connectivity index (χ4v) is 2.17. The Labute approximate surface area is 139 Å². The molecule has 4 heteroatoms. The van der Waals surface area contributed by atoms with E-state index in [-0.39, 0.29) is 5.78 Å². The molecule has 3 aromatic rings. The minimum Gasteiger partial charge on any atom is -0.289 e. The number of hydrogen-bond donors (Lipinski definition) is 0. The molecule has 114 valence electrons. The number of carbonyl (C=O) groups is 1. The molecule has 0 saturated heterocycles. The van der Waals surface area contributed by atoms with Gasteiger partial charge in [0.25, 0.3) is 0 Å². The topological polar surface area (TPSA) is 66.6 Å². The number of benzene rings is 2. The Morgan fingerprint density at radius 1 is 1.00 bits per heavy atom. The van der Waals surface area contributed by atoms with Crippen LogP contribution in [0, 0.1) is 11.3 Å². The van der Waals surface area contributed by atoms with Crippen LogP contribution in [-0.2, 0) is 0 Å². The second kappa shape index (κ2) is 7.12. The zero-order valence-corrected chi connectivity index (χ0v) is 12.8. The summed E-state index contributed by atoms with van der Waals surface area (Å²) in [6.45, 7) is 0. The van der Waals surface area contributed by atoms with Crippen LogP contribution in [0.5, 0.6) is 0 Å². The van der Waals surface area contributed by atoms with Crippen molar-refractivity contribution >= 4 is 11.9 Å². The number of allylic oxidation sites excluding steroid dienone is 1. The van der Waals surface area contributed by atoms with Crippen LogP contribution in [0.2, 0.25) is 0 Å². The van der Waals surface area contributed by atoms with Gasteiger partial charge in [0.2, 0.25) is 0 Å². The molecule has 4 nitrogen and oxygen atoms in total. The van der Waals surface area contributed by atoms with E-state index in [1.165, 1.54) is 6.08 Å². The molecule has 3 rings (SSSR count). The minimum atomic E-state index is -0.167. The van der Waals surface area contributed by atoms with Gasteiger partial charge in [0, 0.05) is 29.1 Å². The van der Waals surface area contributed by atoms with Crippen molar-refractivity contribution in [1.29, 1.82) is 5.26 Å². The first-order chi connectivity index (χ1) is 11.8. The highest BCUT2D eigenvalue weighted by molar-refractivity contribution is 6.06. The molecule has 0 aliphatic carbocycles. The van der Waals surface area contributed by atoms with Gasteiger partial charge in [-0.25, -0.2) is 9.97 Å². The van der Waals surface area contributed by atoms with Crippen LogP contribution in [-0.4, -0.2) is 15.8 Å². The minimum absolute atomic E-state index is 0.167. The molecule has 0 aliphatic rings. The van der Waals surface area contributed by atoms with Gasteiger partial charge in [-0.1, -0.05) is 42.5 Å². The Morgan fingerprint density at radius 3 is 2.46 bits per heavy atom. The second-order valence-electron chi connectivity index (χ2n) is 5.10. The van der Waals surface area contributed by atoms with Crippen molar-refractivity contribution in [3.8, 4) is 17.5 Å². The Kier molecular flexibility index (Phi) is 4.55. The Balaban J connectivity index is 1.75. The summed E-state index contributed by atoms with van der Waals surface area (Å²) in [6, 6.07) is 18.3. The zero-order valence-electron chi connectivity index (χ0n) is 12.8. The average molecular weight is 311 g/mol. The summed E-state index contributed by atoms with van der Waals surface area (Å²) >= 11 is 0. The molecular formula is C20H13N3O. The predicted octanol–water partition coefficient (Wildman–Crippen LogP) is 3.91. The quantitative estimate of drug-likeness (QED) is 0.541. The first-order valence-corrected chi connectivity index (χ1v) is 7.36. The van der Waals surface area contributed by atoms with Gasteiger partial charge in [-0.05, 0) is 24.3 Å². The van der Waals surface area contributed by atoms with Gasteiger partial charge in [-0.2, -0.15) is 5.26 Å². The molecule has 1 aromatic heterocycles. The highest BCUT2D eigenvalue weighted by Crippen LogP contribution is 2.14. The smallest absolute Gasteiger partial charge is 0.185 e. The van der Waals surface area contributed by atoms with Gasteiger partial charge < -0.3 is 0 Å². The summed E-state index contributed by atoms with van der Waals surface area (Å²) < 4.78 is 0. The van der Waals surface area contributed by atoms with E-state index < -0.39 is 0 Å². The lowest BCUT2D eigenvalue weighted by molar-refractivity contribution is 0.104. The van der Waals surface area contributed by atoms with Crippen molar-refractivity contribution in [2.24, 2.45) is 0 Å². The molecule has 0 unspecified atom stereocenters. The molecule has 0 fully saturated rings. The van der Waals surface area contributed by atoms with Gasteiger partial charge in [-0.3, -0.25) is 4.79 Å². The molecule has 0 atom stereocenters. The van der Waals surface area contributed by atoms with E-state index in [9.17, 15) is 4.79 Å². The fraction of sp³-hybridized carbons (Fsp3) is 0. The summed E-state index contributed by atoms with van der Waals surface area (Å²) in [6.07, 6.45) is 6.46. The summed E-state index contributed by atoms with van der Waals surface area (Å²) in [4.78, 5) is 20.8. The predicted molar refractivity (Wildman–Crippen MR) is 92.0 cm³/mol. The number of hydrogen-bond acceptors (Lipinski definition) is 4. The summed E-state index contributed by atoms with van der Waals surface area (Å²) in [5.41, 5.74) is 2.62. The van der Waals surface area contributed by atoms with Crippen LogP contribution in [0.15, 0.2) is 73.1 Å². The summed E-state index contributed by atoms with van der Waals surface area (Å²) in [5, 5.41) is 8.88. The van der Waals surface area contributed by atoms with Gasteiger partial charge in [0.05, 0.1) is 11.6 Å². The van der Waals surface area contributed by atoms with Crippen molar-refractivity contribution in [3.63, 3.8) is 0 Å². The number of nitriles is 1. The van der Waals surface area contributed by atoms with E-state index in [1.54, 1.807) is 42.7 Å². The van der Waals surface area contributed by atoms with E-state index in [1.807, 2.05) is 36.4 Å². The van der Waals surface area contributed by atoms with E-state index in [0.29, 0.717) is 17.0 Å². The van der Waals surface area contributed by atoms with E-state index in [4.69, 9.17) is 5.26 Å². The van der Waals surface area contributed by atoms with Crippen molar-refractivity contribution in [2.75, 3.05) is 0 Å². The standard InChI is InChI=1S/C20H13N3O/c21-12-15-5-4-8-18(11-15)19(24)10-9-16-13-22-20(23-14-16)17-6-2-1-3-7-17/h1-11,13-14H. The molecule has 0 bridgehead atoms. The number of carbonyl (C=O) groups excluding carboxylic acids is 1. The van der Waals surface area contributed by atoms with E-state index >= 15 is 0 Å². The lowest BCUT2D eigenvalue weighted by Gasteiger charge is -2.00. The van der Waals surface area contributed by atoms with Gasteiger partial charge in [0.1, 0.15) is 0 Å². The number of rotatable bonds is 4. The summed E-state index contributed by atoms with van der Waals surface area (Å²) in [7, 11) is 0. The Bertz CT molecular complexity index is 923. The van der Waals surface area contributed by atoms with Gasteiger partial charge >= 0.3 is 0 Å². The molecule has 0 saturated carbocycles. The molecule has 0 radical (unpaired) electrons. The molecular weight excluding hydrogens is 298 g/mol. The van der Waals surface area contributed by atoms with E-state index in [0.717, 1.165) is 11.1 Å². The van der Waals surface area contributed by atoms with Crippen molar-refractivity contribution < 1.29 is 4.79 Å². The molecule has 0 N–H and O–H groups in total. The molecule has 0 spiro atoms. The molecule has 1 heterocycles. The number of nitrogens with zero attached hydrogens (tertiary/aromatic N) is 3. The molecule has 24 heavy (non-hydrogen) atoms. The normalized spacial score (nSPS) is 10.5. The Morgan fingerprint density at radius 2 is 1.75 bits per heavy atom.